The van der Waals surface area contributed by atoms with E-state index in [-0.39, 0.29) is 17.5 Å². The summed E-state index contributed by atoms with van der Waals surface area (Å²) in [7, 11) is 0. The highest BCUT2D eigenvalue weighted by atomic mass is 16.6. The highest BCUT2D eigenvalue weighted by Crippen LogP contribution is 2.19. The van der Waals surface area contributed by atoms with Crippen molar-refractivity contribution in [1.29, 1.82) is 0 Å². The molecule has 0 spiro atoms. The van der Waals surface area contributed by atoms with Gasteiger partial charge in [0.1, 0.15) is 24.0 Å². The Balaban J connectivity index is 2.44. The molecule has 2 unspecified atom stereocenters. The number of hydrogen-bond acceptors (Lipinski definition) is 9. The lowest BCUT2D eigenvalue weighted by atomic mass is 9.91. The number of aryl methyl sites for hydroxylation is 1. The van der Waals surface area contributed by atoms with Crippen molar-refractivity contribution in [3.63, 3.8) is 0 Å². The average Bonchev–Trinajstić information content (AvgIpc) is 3.10. The molecule has 2 atom stereocenters. The van der Waals surface area contributed by atoms with Crippen molar-refractivity contribution < 1.29 is 4.92 Å². The quantitative estimate of drug-likeness (QED) is 0.189. The summed E-state index contributed by atoms with van der Waals surface area (Å²) in [5.74, 6) is -0.308. The summed E-state index contributed by atoms with van der Waals surface area (Å²) in [5.41, 5.74) is -0.307. The van der Waals surface area contributed by atoms with E-state index in [1.165, 1.54) is 6.20 Å². The van der Waals surface area contributed by atoms with E-state index in [0.717, 1.165) is 6.42 Å². The maximum Gasteiger partial charge on any atom is 0.432 e. The van der Waals surface area contributed by atoms with Crippen LogP contribution in [0.2, 0.25) is 0 Å². The van der Waals surface area contributed by atoms with Crippen LogP contribution in [0, 0.1) is 19.9 Å². The van der Waals surface area contributed by atoms with Crippen LogP contribution in [-0.4, -0.2) is 51.1 Å². The van der Waals surface area contributed by atoms with Gasteiger partial charge in [-0.15, -0.1) is 0 Å². The molecule has 1 aromatic heterocycles. The van der Waals surface area contributed by atoms with Gasteiger partial charge in [-0.1, -0.05) is 15.3 Å². The van der Waals surface area contributed by atoms with Crippen molar-refractivity contribution in [3.05, 3.63) is 31.8 Å². The molecule has 28 heavy (non-hydrogen) atoms. The fraction of sp³-hybridized carbons (Fsp3) is 0.824. The Bertz CT molecular complexity index is 660. The zero-order valence-corrected chi connectivity index (χ0v) is 17.2. The number of hydrogen-bond donors (Lipinski definition) is 3. The van der Waals surface area contributed by atoms with Crippen LogP contribution in [-0.2, 0) is 6.42 Å². The predicted molar refractivity (Wildman–Crippen MR) is 107 cm³/mol. The van der Waals surface area contributed by atoms with Gasteiger partial charge < -0.3 is 20.7 Å². The molecule has 0 aliphatic rings. The molecule has 0 amide bonds. The van der Waals surface area contributed by atoms with Crippen molar-refractivity contribution in [2.45, 2.75) is 77.0 Å². The van der Waals surface area contributed by atoms with Crippen LogP contribution in [0.15, 0.2) is 16.6 Å². The molecule has 0 aliphatic heterocycles. The summed E-state index contributed by atoms with van der Waals surface area (Å²) in [6.07, 6.45) is 3.09. The molecule has 11 heteroatoms. The molecular formula is C17H31N7O4. The number of nitrogens with zero attached hydrogens (tertiary/aromatic N) is 4. The van der Waals surface area contributed by atoms with Crippen LogP contribution in [0.4, 0.5) is 5.95 Å². The number of nitro groups is 1. The van der Waals surface area contributed by atoms with Crippen LogP contribution in [0.3, 0.4) is 0 Å². The topological polar surface area (TPSA) is 155 Å². The van der Waals surface area contributed by atoms with Gasteiger partial charge in [-0.25, -0.2) is 4.98 Å². The Morgan fingerprint density at radius 1 is 1.18 bits per heavy atom. The molecule has 0 bridgehead atoms. The molecule has 1 heterocycles. The summed E-state index contributed by atoms with van der Waals surface area (Å²) in [6, 6.07) is -0.836. The molecule has 158 valence electrons. The van der Waals surface area contributed by atoms with Crippen molar-refractivity contribution in [3.8, 4) is 0 Å². The first-order valence-corrected chi connectivity index (χ1v) is 9.36. The second-order valence-electron chi connectivity index (χ2n) is 8.08. The Hall–Kier alpha value is -2.27. The second kappa shape index (κ2) is 10.3. The van der Waals surface area contributed by atoms with Gasteiger partial charge in [0.05, 0.1) is 0 Å². The zero-order chi connectivity index (χ0) is 21.4. The molecule has 1 aromatic rings. The van der Waals surface area contributed by atoms with Gasteiger partial charge >= 0.3 is 5.95 Å². The van der Waals surface area contributed by atoms with E-state index in [4.69, 9.17) is 0 Å². The normalized spacial score (nSPS) is 14.5. The van der Waals surface area contributed by atoms with Crippen molar-refractivity contribution in [1.82, 2.24) is 20.6 Å². The molecule has 0 radical (unpaired) electrons. The number of aromatic amines is 1. The largest absolute Gasteiger partial charge is 0.432 e. The number of aromatic nitrogens is 2. The summed E-state index contributed by atoms with van der Waals surface area (Å²) >= 11 is 0. The predicted octanol–water partition coefficient (Wildman–Crippen LogP) is 2.67. The number of rotatable bonds is 14. The highest BCUT2D eigenvalue weighted by Gasteiger charge is 2.30. The molecule has 11 nitrogen and oxygen atoms in total. The average molecular weight is 397 g/mol. The summed E-state index contributed by atoms with van der Waals surface area (Å²) in [6.45, 7) is 10.8. The first-order chi connectivity index (χ1) is 13.0. The highest BCUT2D eigenvalue weighted by molar-refractivity contribution is 5.11. The third-order valence-electron chi connectivity index (χ3n) is 5.15. The minimum Gasteiger partial charge on any atom is -0.390 e. The lowest BCUT2D eigenvalue weighted by molar-refractivity contribution is -0.393. The standard InChI is InChI=1S/C17H31N7O4/c1-12(22-25)16(2,3)19-9-6-10-20-17(4,5)14(23-26)8-7-13-11-18-15(21-13)24(27)28/h11-12,14,19-20H,6-10H2,1-5H3,(H,18,21). The Morgan fingerprint density at radius 3 is 2.29 bits per heavy atom. The van der Waals surface area contributed by atoms with Crippen LogP contribution < -0.4 is 10.6 Å². The summed E-state index contributed by atoms with van der Waals surface area (Å²) < 4.78 is 0. The van der Waals surface area contributed by atoms with Crippen LogP contribution in [0.25, 0.3) is 0 Å². The number of nitroso groups, excluding NO2 is 2. The van der Waals surface area contributed by atoms with Crippen LogP contribution in [0.1, 0.15) is 53.2 Å². The maximum absolute atomic E-state index is 11.3. The summed E-state index contributed by atoms with van der Waals surface area (Å²) in [4.78, 5) is 38.4. The minimum atomic E-state index is -0.592. The molecule has 0 fully saturated rings. The lowest BCUT2D eigenvalue weighted by Crippen LogP contribution is -2.51. The molecule has 0 aromatic carbocycles. The van der Waals surface area contributed by atoms with E-state index in [9.17, 15) is 19.9 Å². The third kappa shape index (κ3) is 7.04. The number of imidazole rings is 1. The van der Waals surface area contributed by atoms with E-state index >= 15 is 0 Å². The fourth-order valence-electron chi connectivity index (χ4n) is 2.71. The van der Waals surface area contributed by atoms with Gasteiger partial charge in [-0.3, -0.25) is 0 Å². The Labute approximate surface area is 164 Å². The minimum absolute atomic E-state index is 0.308. The van der Waals surface area contributed by atoms with E-state index in [0.29, 0.717) is 31.6 Å². The van der Waals surface area contributed by atoms with E-state index < -0.39 is 16.5 Å². The maximum atomic E-state index is 11.3. The van der Waals surface area contributed by atoms with E-state index in [1.54, 1.807) is 6.92 Å². The second-order valence-corrected chi connectivity index (χ2v) is 8.08. The van der Waals surface area contributed by atoms with Gasteiger partial charge in [-0.05, 0) is 65.5 Å². The van der Waals surface area contributed by atoms with Crippen molar-refractivity contribution >= 4 is 5.95 Å². The monoisotopic (exact) mass is 397 g/mol. The van der Waals surface area contributed by atoms with Gasteiger partial charge in [0.15, 0.2) is 0 Å². The molecular weight excluding hydrogens is 366 g/mol. The van der Waals surface area contributed by atoms with Crippen LogP contribution in [0.5, 0.6) is 0 Å². The van der Waals surface area contributed by atoms with Crippen molar-refractivity contribution in [2.75, 3.05) is 13.1 Å². The van der Waals surface area contributed by atoms with Gasteiger partial charge in [-0.2, -0.15) is 9.81 Å². The number of H-pyrrole nitrogens is 1. The number of nitrogens with one attached hydrogen (secondary N) is 3. The zero-order valence-electron chi connectivity index (χ0n) is 17.2. The molecule has 3 N–H and O–H groups in total. The summed E-state index contributed by atoms with van der Waals surface area (Å²) in [5, 5.41) is 23.6. The van der Waals surface area contributed by atoms with Gasteiger partial charge in [0.2, 0.25) is 0 Å². The molecule has 0 aliphatic carbocycles. The third-order valence-corrected chi connectivity index (χ3v) is 5.15. The smallest absolute Gasteiger partial charge is 0.390 e. The Morgan fingerprint density at radius 2 is 1.79 bits per heavy atom. The van der Waals surface area contributed by atoms with Gasteiger partial charge in [0.25, 0.3) is 0 Å². The SMILES string of the molecule is CC(N=O)C(C)(C)NCCCNC(C)(C)C(CCc1cnc([N+](=O)[O-])[nH]1)N=O. The fourth-order valence-corrected chi connectivity index (χ4v) is 2.71. The van der Waals surface area contributed by atoms with E-state index in [1.807, 2.05) is 27.7 Å². The van der Waals surface area contributed by atoms with Gasteiger partial charge in [0, 0.05) is 17.5 Å². The van der Waals surface area contributed by atoms with Crippen molar-refractivity contribution in [2.24, 2.45) is 10.4 Å². The first kappa shape index (κ1) is 23.8. The lowest BCUT2D eigenvalue weighted by Gasteiger charge is -2.32. The molecule has 1 rings (SSSR count). The Kier molecular flexibility index (Phi) is 8.76. The van der Waals surface area contributed by atoms with E-state index in [2.05, 4.69) is 31.0 Å². The first-order valence-electron chi connectivity index (χ1n) is 9.36. The molecule has 0 saturated heterocycles. The molecule has 0 saturated carbocycles. The van der Waals surface area contributed by atoms with Crippen LogP contribution >= 0.6 is 0 Å².